The second kappa shape index (κ2) is 6.97. The Balaban J connectivity index is 1.87. The summed E-state index contributed by atoms with van der Waals surface area (Å²) in [4.78, 5) is 12.6. The Hall–Kier alpha value is -3.46. The second-order valence-electron chi connectivity index (χ2n) is 5.41. The lowest BCUT2D eigenvalue weighted by Crippen LogP contribution is -2.24. The molecule has 0 aliphatic carbocycles. The quantitative estimate of drug-likeness (QED) is 0.776. The number of methoxy groups -OCH3 is 1. The highest BCUT2D eigenvalue weighted by molar-refractivity contribution is 5.98. The lowest BCUT2D eigenvalue weighted by Gasteiger charge is -2.09. The van der Waals surface area contributed by atoms with Crippen molar-refractivity contribution in [2.45, 2.75) is 13.5 Å². The second-order valence-corrected chi connectivity index (χ2v) is 5.41. The average Bonchev–Trinajstić information content (AvgIpc) is 3.27. The van der Waals surface area contributed by atoms with E-state index in [-0.39, 0.29) is 23.6 Å². The van der Waals surface area contributed by atoms with Crippen LogP contribution in [0.3, 0.4) is 0 Å². The molecule has 0 unspecified atom stereocenters. The fourth-order valence-corrected chi connectivity index (χ4v) is 2.67. The summed E-state index contributed by atoms with van der Waals surface area (Å²) in [5.74, 6) is 1.08. The summed E-state index contributed by atoms with van der Waals surface area (Å²) < 4.78 is 12.6. The number of aromatic nitrogens is 1. The number of aryl methyl sites for hydroxylation is 1. The molecule has 0 fully saturated rings. The number of nitriles is 1. The maximum atomic E-state index is 12.6. The van der Waals surface area contributed by atoms with E-state index in [0.29, 0.717) is 17.4 Å². The van der Waals surface area contributed by atoms with Gasteiger partial charge in [-0.3, -0.25) is 9.36 Å². The minimum atomic E-state index is -0.359. The third-order valence-corrected chi connectivity index (χ3v) is 3.88. The third-order valence-electron chi connectivity index (χ3n) is 3.88. The summed E-state index contributed by atoms with van der Waals surface area (Å²) in [6.07, 6.45) is 3.52. The van der Waals surface area contributed by atoms with Crippen molar-refractivity contribution in [2.75, 3.05) is 7.11 Å². The number of para-hydroxylation sites is 1. The highest BCUT2D eigenvalue weighted by Crippen LogP contribution is 2.25. The van der Waals surface area contributed by atoms with Gasteiger partial charge >= 0.3 is 0 Å². The first-order chi connectivity index (χ1) is 12.2. The summed E-state index contributed by atoms with van der Waals surface area (Å²) in [7, 11) is 1.58. The molecule has 0 saturated carbocycles. The molecule has 0 bridgehead atoms. The van der Waals surface area contributed by atoms with E-state index in [1.807, 2.05) is 36.4 Å². The van der Waals surface area contributed by atoms with E-state index in [4.69, 9.17) is 9.15 Å². The minimum absolute atomic E-state index is 0.214. The summed E-state index contributed by atoms with van der Waals surface area (Å²) >= 11 is 0. The van der Waals surface area contributed by atoms with Gasteiger partial charge < -0.3 is 14.5 Å². The summed E-state index contributed by atoms with van der Waals surface area (Å²) in [5, 5.41) is 12.3. The van der Waals surface area contributed by atoms with Crippen molar-refractivity contribution in [1.29, 1.82) is 5.26 Å². The third kappa shape index (κ3) is 3.12. The Morgan fingerprint density at radius 2 is 2.00 bits per heavy atom. The van der Waals surface area contributed by atoms with E-state index < -0.39 is 0 Å². The Labute approximate surface area is 145 Å². The number of hydrogen-bond donors (Lipinski definition) is 1. The van der Waals surface area contributed by atoms with Crippen molar-refractivity contribution in [1.82, 2.24) is 9.88 Å². The first kappa shape index (κ1) is 16.4. The molecule has 2 heterocycles. The van der Waals surface area contributed by atoms with Crippen LogP contribution >= 0.6 is 0 Å². The zero-order valence-electron chi connectivity index (χ0n) is 13.9. The van der Waals surface area contributed by atoms with E-state index in [0.717, 1.165) is 5.56 Å². The van der Waals surface area contributed by atoms with E-state index in [1.165, 1.54) is 0 Å². The van der Waals surface area contributed by atoms with Crippen molar-refractivity contribution in [2.24, 2.45) is 0 Å². The van der Waals surface area contributed by atoms with Crippen LogP contribution in [0.15, 0.2) is 53.2 Å². The van der Waals surface area contributed by atoms with Gasteiger partial charge in [0.1, 0.15) is 28.7 Å². The highest BCUT2D eigenvalue weighted by Gasteiger charge is 2.24. The standard InChI is InChI=1S/C19H17N3O3/c1-13-17(15(11-20)19(25-13)22-9-5-6-10-22)18(23)21-12-14-7-3-4-8-16(14)24-2/h3-10H,12H2,1-2H3,(H,21,23). The first-order valence-corrected chi connectivity index (χ1v) is 7.72. The molecule has 6 heteroatoms. The number of furan rings is 1. The van der Waals surface area contributed by atoms with E-state index in [2.05, 4.69) is 11.4 Å². The van der Waals surface area contributed by atoms with Crippen LogP contribution in [0.2, 0.25) is 0 Å². The monoisotopic (exact) mass is 335 g/mol. The van der Waals surface area contributed by atoms with E-state index in [9.17, 15) is 10.1 Å². The van der Waals surface area contributed by atoms with Crippen LogP contribution in [-0.2, 0) is 6.54 Å². The van der Waals surface area contributed by atoms with Crippen LogP contribution < -0.4 is 10.1 Å². The number of ether oxygens (including phenoxy) is 1. The first-order valence-electron chi connectivity index (χ1n) is 7.72. The largest absolute Gasteiger partial charge is 0.496 e. The molecular weight excluding hydrogens is 318 g/mol. The number of hydrogen-bond acceptors (Lipinski definition) is 4. The van der Waals surface area contributed by atoms with Gasteiger partial charge in [-0.15, -0.1) is 0 Å². The van der Waals surface area contributed by atoms with Gasteiger partial charge in [-0.05, 0) is 25.1 Å². The molecule has 6 nitrogen and oxygen atoms in total. The van der Waals surface area contributed by atoms with Crippen molar-refractivity contribution >= 4 is 5.91 Å². The van der Waals surface area contributed by atoms with Crippen LogP contribution in [0.1, 0.15) is 27.2 Å². The number of carbonyl (C=O) groups is 1. The smallest absolute Gasteiger partial charge is 0.256 e. The molecule has 3 rings (SSSR count). The number of rotatable bonds is 5. The average molecular weight is 335 g/mol. The topological polar surface area (TPSA) is 80.2 Å². The van der Waals surface area contributed by atoms with Gasteiger partial charge in [-0.25, -0.2) is 0 Å². The van der Waals surface area contributed by atoms with Gasteiger partial charge in [-0.2, -0.15) is 5.26 Å². The van der Waals surface area contributed by atoms with Gasteiger partial charge in [0.05, 0.1) is 7.11 Å². The normalized spacial score (nSPS) is 10.3. The molecular formula is C19H17N3O3. The van der Waals surface area contributed by atoms with Crippen LogP contribution in [0.4, 0.5) is 0 Å². The molecule has 1 N–H and O–H groups in total. The molecule has 126 valence electrons. The Morgan fingerprint density at radius 3 is 2.68 bits per heavy atom. The maximum Gasteiger partial charge on any atom is 0.256 e. The molecule has 3 aromatic rings. The van der Waals surface area contributed by atoms with Gasteiger partial charge in [-0.1, -0.05) is 18.2 Å². The number of nitrogens with zero attached hydrogens (tertiary/aromatic N) is 2. The summed E-state index contributed by atoms with van der Waals surface area (Å²) in [6, 6.07) is 13.2. The lowest BCUT2D eigenvalue weighted by atomic mass is 10.1. The molecule has 1 aromatic carbocycles. The predicted molar refractivity (Wildman–Crippen MR) is 91.7 cm³/mol. The molecule has 0 aliphatic rings. The molecule has 0 atom stereocenters. The zero-order chi connectivity index (χ0) is 17.8. The van der Waals surface area contributed by atoms with Crippen molar-refractivity contribution in [3.05, 3.63) is 71.2 Å². The van der Waals surface area contributed by atoms with Crippen LogP contribution in [0, 0.1) is 18.3 Å². The fourth-order valence-electron chi connectivity index (χ4n) is 2.67. The summed E-state index contributed by atoms with van der Waals surface area (Å²) in [6.45, 7) is 1.96. The number of benzene rings is 1. The molecule has 1 amide bonds. The predicted octanol–water partition coefficient (Wildman–Crippen LogP) is 3.19. The van der Waals surface area contributed by atoms with Crippen molar-refractivity contribution < 1.29 is 13.9 Å². The van der Waals surface area contributed by atoms with Gasteiger partial charge in [0.15, 0.2) is 0 Å². The maximum absolute atomic E-state index is 12.6. The Bertz CT molecular complexity index is 933. The van der Waals surface area contributed by atoms with Gasteiger partial charge in [0.2, 0.25) is 5.88 Å². The number of carbonyl (C=O) groups excluding carboxylic acids is 1. The zero-order valence-corrected chi connectivity index (χ0v) is 13.9. The molecule has 0 spiro atoms. The molecule has 0 saturated heterocycles. The molecule has 0 aliphatic heterocycles. The Kier molecular flexibility index (Phi) is 4.57. The van der Waals surface area contributed by atoms with Crippen LogP contribution in [0.5, 0.6) is 5.75 Å². The number of amides is 1. The summed E-state index contributed by atoms with van der Waals surface area (Å²) in [5.41, 5.74) is 1.32. The molecule has 25 heavy (non-hydrogen) atoms. The highest BCUT2D eigenvalue weighted by atomic mass is 16.5. The van der Waals surface area contributed by atoms with Crippen molar-refractivity contribution in [3.63, 3.8) is 0 Å². The Morgan fingerprint density at radius 1 is 1.28 bits per heavy atom. The van der Waals surface area contributed by atoms with Gasteiger partial charge in [0, 0.05) is 24.5 Å². The molecule has 0 radical (unpaired) electrons. The van der Waals surface area contributed by atoms with Crippen molar-refractivity contribution in [3.8, 4) is 17.7 Å². The van der Waals surface area contributed by atoms with Crippen LogP contribution in [0.25, 0.3) is 5.88 Å². The van der Waals surface area contributed by atoms with E-state index in [1.54, 1.807) is 31.0 Å². The lowest BCUT2D eigenvalue weighted by molar-refractivity contribution is 0.0949. The molecule has 2 aromatic heterocycles. The van der Waals surface area contributed by atoms with E-state index >= 15 is 0 Å². The SMILES string of the molecule is COc1ccccc1CNC(=O)c1c(C)oc(-n2cccc2)c1C#N. The van der Waals surface area contributed by atoms with Crippen LogP contribution in [-0.4, -0.2) is 17.6 Å². The minimum Gasteiger partial charge on any atom is -0.496 e. The fraction of sp³-hybridized carbons (Fsp3) is 0.158. The van der Waals surface area contributed by atoms with Gasteiger partial charge in [0.25, 0.3) is 5.91 Å². The number of nitrogens with one attached hydrogen (secondary N) is 1.